The van der Waals surface area contributed by atoms with E-state index in [4.69, 9.17) is 0 Å². The third-order valence-electron chi connectivity index (χ3n) is 3.02. The third kappa shape index (κ3) is 1.72. The first kappa shape index (κ1) is 10.2. The quantitative estimate of drug-likeness (QED) is 0.871. The molecule has 1 unspecified atom stereocenters. The average molecular weight is 278 g/mol. The van der Waals surface area contributed by atoms with Crippen LogP contribution >= 0.6 is 15.9 Å². The van der Waals surface area contributed by atoms with Gasteiger partial charge in [0.2, 0.25) is 0 Å². The zero-order valence-corrected chi connectivity index (χ0v) is 10.4. The second kappa shape index (κ2) is 4.11. The minimum atomic E-state index is 0.389. The number of halogens is 1. The van der Waals surface area contributed by atoms with Crippen LogP contribution in [0.4, 0.5) is 0 Å². The van der Waals surface area contributed by atoms with Crippen LogP contribution in [0.5, 0.6) is 0 Å². The van der Waals surface area contributed by atoms with Crippen molar-refractivity contribution < 1.29 is 0 Å². The maximum Gasteiger partial charge on any atom is 0.116 e. The molecular weight excluding hydrogens is 266 g/mol. The van der Waals surface area contributed by atoms with Gasteiger partial charge in [0.15, 0.2) is 0 Å². The van der Waals surface area contributed by atoms with Gasteiger partial charge in [0.25, 0.3) is 0 Å². The smallest absolute Gasteiger partial charge is 0.116 e. The Morgan fingerprint density at radius 2 is 2.25 bits per heavy atom. The lowest BCUT2D eigenvalue weighted by Crippen LogP contribution is -2.14. The van der Waals surface area contributed by atoms with Gasteiger partial charge in [0.05, 0.1) is 17.3 Å². The van der Waals surface area contributed by atoms with Gasteiger partial charge in [-0.05, 0) is 37.6 Å². The molecule has 1 fully saturated rings. The Hall–Kier alpha value is -1.00. The molecule has 1 aromatic heterocycles. The maximum atomic E-state index is 4.44. The number of aromatic nitrogens is 2. The Bertz CT molecular complexity index is 521. The number of hydrogen-bond acceptors (Lipinski definition) is 3. The van der Waals surface area contributed by atoms with E-state index in [1.807, 2.05) is 12.1 Å². The summed E-state index contributed by atoms with van der Waals surface area (Å²) in [5.74, 6) is 0. The standard InChI is InChI=1S/C12H12BrN3/c13-8-3-4-10-9(6-8)12(16-7-15-10)11-2-1-5-14-11/h3-4,6-7,11,14H,1-2,5H2. The predicted molar refractivity (Wildman–Crippen MR) is 67.2 cm³/mol. The minimum absolute atomic E-state index is 0.389. The summed E-state index contributed by atoms with van der Waals surface area (Å²) in [6.45, 7) is 1.09. The number of nitrogens with one attached hydrogen (secondary N) is 1. The first-order valence-corrected chi connectivity index (χ1v) is 6.27. The van der Waals surface area contributed by atoms with E-state index in [0.29, 0.717) is 6.04 Å². The van der Waals surface area contributed by atoms with E-state index in [0.717, 1.165) is 27.6 Å². The second-order valence-corrected chi connectivity index (χ2v) is 4.98. The highest BCUT2D eigenvalue weighted by Gasteiger charge is 2.19. The maximum absolute atomic E-state index is 4.44. The lowest BCUT2D eigenvalue weighted by Gasteiger charge is -2.11. The van der Waals surface area contributed by atoms with Crippen molar-refractivity contribution in [1.82, 2.24) is 15.3 Å². The molecule has 0 aliphatic carbocycles. The van der Waals surface area contributed by atoms with Crippen molar-refractivity contribution in [2.24, 2.45) is 0 Å². The summed E-state index contributed by atoms with van der Waals surface area (Å²) in [7, 11) is 0. The molecule has 1 N–H and O–H groups in total. The average Bonchev–Trinajstić information content (AvgIpc) is 2.81. The Labute approximate surface area is 102 Å². The molecule has 82 valence electrons. The Kier molecular flexibility index (Phi) is 2.61. The number of rotatable bonds is 1. The molecule has 4 heteroatoms. The molecule has 0 spiro atoms. The fourth-order valence-corrected chi connectivity index (χ4v) is 2.61. The number of benzene rings is 1. The van der Waals surface area contributed by atoms with E-state index in [9.17, 15) is 0 Å². The molecule has 1 atom stereocenters. The first-order chi connectivity index (χ1) is 7.84. The van der Waals surface area contributed by atoms with Crippen LogP contribution in [0, 0.1) is 0 Å². The van der Waals surface area contributed by atoms with Crippen LogP contribution in [0.3, 0.4) is 0 Å². The molecule has 3 rings (SSSR count). The highest BCUT2D eigenvalue weighted by molar-refractivity contribution is 9.10. The molecule has 1 saturated heterocycles. The summed E-state index contributed by atoms with van der Waals surface area (Å²) in [6, 6.07) is 6.53. The SMILES string of the molecule is Brc1ccc2ncnc(C3CCCN3)c2c1. The number of fused-ring (bicyclic) bond motifs is 1. The van der Waals surface area contributed by atoms with Gasteiger partial charge in [-0.15, -0.1) is 0 Å². The van der Waals surface area contributed by atoms with Crippen molar-refractivity contribution in [3.63, 3.8) is 0 Å². The monoisotopic (exact) mass is 277 g/mol. The third-order valence-corrected chi connectivity index (χ3v) is 3.51. The fourth-order valence-electron chi connectivity index (χ4n) is 2.24. The molecule has 1 aliphatic rings. The van der Waals surface area contributed by atoms with Crippen molar-refractivity contribution in [1.29, 1.82) is 0 Å². The van der Waals surface area contributed by atoms with E-state index in [-0.39, 0.29) is 0 Å². The van der Waals surface area contributed by atoms with E-state index in [1.165, 1.54) is 12.8 Å². The largest absolute Gasteiger partial charge is 0.309 e. The zero-order chi connectivity index (χ0) is 11.0. The summed E-state index contributed by atoms with van der Waals surface area (Å²) < 4.78 is 1.08. The minimum Gasteiger partial charge on any atom is -0.309 e. The first-order valence-electron chi connectivity index (χ1n) is 5.48. The van der Waals surface area contributed by atoms with Gasteiger partial charge in [-0.2, -0.15) is 0 Å². The van der Waals surface area contributed by atoms with Crippen LogP contribution in [0.15, 0.2) is 29.0 Å². The lowest BCUT2D eigenvalue weighted by molar-refractivity contribution is 0.632. The van der Waals surface area contributed by atoms with Gasteiger partial charge in [-0.1, -0.05) is 15.9 Å². The van der Waals surface area contributed by atoms with Gasteiger partial charge in [-0.25, -0.2) is 9.97 Å². The number of nitrogens with zero attached hydrogens (tertiary/aromatic N) is 2. The Morgan fingerprint density at radius 1 is 1.31 bits per heavy atom. The normalized spacial score (nSPS) is 20.4. The highest BCUT2D eigenvalue weighted by atomic mass is 79.9. The van der Waals surface area contributed by atoms with Crippen molar-refractivity contribution >= 4 is 26.8 Å². The van der Waals surface area contributed by atoms with Crippen LogP contribution in [0.25, 0.3) is 10.9 Å². The molecule has 2 heterocycles. The molecule has 1 aliphatic heterocycles. The molecule has 1 aromatic carbocycles. The fraction of sp³-hybridized carbons (Fsp3) is 0.333. The van der Waals surface area contributed by atoms with Gasteiger partial charge in [0, 0.05) is 9.86 Å². The van der Waals surface area contributed by atoms with Crippen molar-refractivity contribution in [2.75, 3.05) is 6.54 Å². The molecule has 0 amide bonds. The van der Waals surface area contributed by atoms with Crippen molar-refractivity contribution in [3.8, 4) is 0 Å². The molecular formula is C12H12BrN3. The molecule has 3 nitrogen and oxygen atoms in total. The summed E-state index contributed by atoms with van der Waals surface area (Å²) in [5, 5.41) is 4.63. The van der Waals surface area contributed by atoms with Gasteiger partial charge < -0.3 is 5.32 Å². The highest BCUT2D eigenvalue weighted by Crippen LogP contribution is 2.28. The van der Waals surface area contributed by atoms with Crippen LogP contribution in [-0.4, -0.2) is 16.5 Å². The molecule has 0 saturated carbocycles. The molecule has 0 bridgehead atoms. The van der Waals surface area contributed by atoms with Gasteiger partial charge in [0.1, 0.15) is 6.33 Å². The molecule has 0 radical (unpaired) electrons. The topological polar surface area (TPSA) is 37.8 Å². The molecule has 16 heavy (non-hydrogen) atoms. The van der Waals surface area contributed by atoms with E-state index in [1.54, 1.807) is 6.33 Å². The van der Waals surface area contributed by atoms with E-state index < -0.39 is 0 Å². The van der Waals surface area contributed by atoms with Crippen molar-refractivity contribution in [3.05, 3.63) is 34.7 Å². The predicted octanol–water partition coefficient (Wildman–Crippen LogP) is 2.82. The summed E-state index contributed by atoms with van der Waals surface area (Å²) in [5.41, 5.74) is 2.14. The molecule has 2 aromatic rings. The van der Waals surface area contributed by atoms with Crippen LogP contribution in [-0.2, 0) is 0 Å². The van der Waals surface area contributed by atoms with Crippen LogP contribution < -0.4 is 5.32 Å². The number of hydrogen-bond donors (Lipinski definition) is 1. The van der Waals surface area contributed by atoms with E-state index in [2.05, 4.69) is 37.3 Å². The summed E-state index contributed by atoms with van der Waals surface area (Å²) in [4.78, 5) is 8.73. The van der Waals surface area contributed by atoms with E-state index >= 15 is 0 Å². The van der Waals surface area contributed by atoms with Gasteiger partial charge in [-0.3, -0.25) is 0 Å². The van der Waals surface area contributed by atoms with Crippen molar-refractivity contribution in [2.45, 2.75) is 18.9 Å². The zero-order valence-electron chi connectivity index (χ0n) is 8.78. The van der Waals surface area contributed by atoms with Crippen LogP contribution in [0.2, 0.25) is 0 Å². The Morgan fingerprint density at radius 3 is 3.06 bits per heavy atom. The second-order valence-electron chi connectivity index (χ2n) is 4.07. The van der Waals surface area contributed by atoms with Crippen LogP contribution in [0.1, 0.15) is 24.6 Å². The summed E-state index contributed by atoms with van der Waals surface area (Å²) >= 11 is 3.50. The van der Waals surface area contributed by atoms with Gasteiger partial charge >= 0.3 is 0 Å². The summed E-state index contributed by atoms with van der Waals surface area (Å²) in [6.07, 6.45) is 4.05. The Balaban J connectivity index is 2.18. The lowest BCUT2D eigenvalue weighted by atomic mass is 10.1.